The number of anilines is 1. The first-order valence-corrected chi connectivity index (χ1v) is 8.14. The average molecular weight is 308 g/mol. The molecule has 0 atom stereocenters. The largest absolute Gasteiger partial charge is 0.379 e. The summed E-state index contributed by atoms with van der Waals surface area (Å²) in [6, 6.07) is 8.64. The Morgan fingerprint density at radius 1 is 1.30 bits per heavy atom. The van der Waals surface area contributed by atoms with Crippen molar-refractivity contribution in [2.75, 3.05) is 18.4 Å². The van der Waals surface area contributed by atoms with Gasteiger partial charge in [0.25, 0.3) is 0 Å². The van der Waals surface area contributed by atoms with Crippen molar-refractivity contribution in [3.05, 3.63) is 45.4 Å². The molecular weight excluding hydrogens is 290 g/mol. The fourth-order valence-corrected chi connectivity index (χ4v) is 3.42. The third-order valence-electron chi connectivity index (χ3n) is 3.50. The lowest BCUT2D eigenvalue weighted by Crippen LogP contribution is -2.18. The minimum atomic E-state index is 0.727. The van der Waals surface area contributed by atoms with E-state index in [9.17, 15) is 0 Å². The van der Waals surface area contributed by atoms with Gasteiger partial charge in [0, 0.05) is 12.2 Å². The van der Waals surface area contributed by atoms with Crippen molar-refractivity contribution in [2.24, 2.45) is 0 Å². The number of thiazole rings is 1. The Labute approximate surface area is 128 Å². The van der Waals surface area contributed by atoms with E-state index in [-0.39, 0.29) is 0 Å². The van der Waals surface area contributed by atoms with Gasteiger partial charge in [-0.25, -0.2) is 4.98 Å². The van der Waals surface area contributed by atoms with E-state index in [1.807, 2.05) is 0 Å². The Kier molecular flexibility index (Phi) is 4.55. The highest BCUT2D eigenvalue weighted by molar-refractivity contribution is 7.15. The van der Waals surface area contributed by atoms with Gasteiger partial charge in [0.2, 0.25) is 0 Å². The molecule has 1 aliphatic rings. The second kappa shape index (κ2) is 6.57. The summed E-state index contributed by atoms with van der Waals surface area (Å²) in [5.41, 5.74) is 2.52. The SMILES string of the molecule is Clc1cnc(CNc2cccc(CN3CCCC3)c2)s1. The second-order valence-electron chi connectivity index (χ2n) is 5.10. The van der Waals surface area contributed by atoms with E-state index < -0.39 is 0 Å². The van der Waals surface area contributed by atoms with Crippen LogP contribution in [-0.4, -0.2) is 23.0 Å². The van der Waals surface area contributed by atoms with E-state index in [0.717, 1.165) is 28.1 Å². The third-order valence-corrected chi connectivity index (χ3v) is 4.62. The molecule has 0 spiro atoms. The van der Waals surface area contributed by atoms with Crippen molar-refractivity contribution < 1.29 is 0 Å². The van der Waals surface area contributed by atoms with Crippen LogP contribution in [0.3, 0.4) is 0 Å². The van der Waals surface area contributed by atoms with Crippen LogP contribution in [0.2, 0.25) is 4.34 Å². The summed E-state index contributed by atoms with van der Waals surface area (Å²) in [5.74, 6) is 0. The van der Waals surface area contributed by atoms with Crippen LogP contribution < -0.4 is 5.32 Å². The molecule has 0 amide bonds. The lowest BCUT2D eigenvalue weighted by atomic mass is 10.2. The molecule has 0 radical (unpaired) electrons. The third kappa shape index (κ3) is 3.72. The molecule has 0 aliphatic carbocycles. The van der Waals surface area contributed by atoms with Gasteiger partial charge in [-0.3, -0.25) is 4.90 Å². The fourth-order valence-electron chi connectivity index (χ4n) is 2.53. The summed E-state index contributed by atoms with van der Waals surface area (Å²) in [5, 5.41) is 4.42. The van der Waals surface area contributed by atoms with Gasteiger partial charge in [0.15, 0.2) is 0 Å². The van der Waals surface area contributed by atoms with Crippen LogP contribution in [0.5, 0.6) is 0 Å². The van der Waals surface area contributed by atoms with Crippen LogP contribution >= 0.6 is 22.9 Å². The molecule has 3 rings (SSSR count). The first-order chi connectivity index (χ1) is 9.79. The monoisotopic (exact) mass is 307 g/mol. The van der Waals surface area contributed by atoms with Crippen LogP contribution in [0.1, 0.15) is 23.4 Å². The summed E-state index contributed by atoms with van der Waals surface area (Å²) in [4.78, 5) is 6.77. The summed E-state index contributed by atoms with van der Waals surface area (Å²) in [6.45, 7) is 4.24. The Bertz CT molecular complexity index is 564. The zero-order valence-electron chi connectivity index (χ0n) is 11.3. The highest BCUT2D eigenvalue weighted by atomic mass is 35.5. The number of hydrogen-bond donors (Lipinski definition) is 1. The van der Waals surface area contributed by atoms with E-state index in [2.05, 4.69) is 39.5 Å². The number of benzene rings is 1. The maximum Gasteiger partial charge on any atom is 0.113 e. The Morgan fingerprint density at radius 2 is 2.15 bits per heavy atom. The molecule has 2 heterocycles. The van der Waals surface area contributed by atoms with Gasteiger partial charge in [0.05, 0.1) is 12.7 Å². The summed E-state index contributed by atoms with van der Waals surface area (Å²) < 4.78 is 0.740. The lowest BCUT2D eigenvalue weighted by molar-refractivity contribution is 0.331. The van der Waals surface area contributed by atoms with E-state index >= 15 is 0 Å². The fraction of sp³-hybridized carbons (Fsp3) is 0.400. The Morgan fingerprint density at radius 3 is 2.90 bits per heavy atom. The van der Waals surface area contributed by atoms with Crippen LogP contribution in [-0.2, 0) is 13.1 Å². The first kappa shape index (κ1) is 13.9. The number of halogens is 1. The lowest BCUT2D eigenvalue weighted by Gasteiger charge is -2.15. The van der Waals surface area contributed by atoms with E-state index in [0.29, 0.717) is 0 Å². The molecule has 1 saturated heterocycles. The smallest absolute Gasteiger partial charge is 0.113 e. The number of likely N-dealkylation sites (tertiary alicyclic amines) is 1. The predicted octanol–water partition coefficient (Wildman–Crippen LogP) is 4.00. The van der Waals surface area contributed by atoms with Crippen molar-refractivity contribution in [3.8, 4) is 0 Å². The van der Waals surface area contributed by atoms with Gasteiger partial charge < -0.3 is 5.32 Å². The van der Waals surface area contributed by atoms with Gasteiger partial charge >= 0.3 is 0 Å². The van der Waals surface area contributed by atoms with E-state index in [4.69, 9.17) is 11.6 Å². The molecule has 1 N–H and O–H groups in total. The number of nitrogens with one attached hydrogen (secondary N) is 1. The molecule has 2 aromatic rings. The molecule has 1 fully saturated rings. The maximum absolute atomic E-state index is 5.89. The molecule has 0 bridgehead atoms. The number of rotatable bonds is 5. The normalized spacial score (nSPS) is 15.7. The summed E-state index contributed by atoms with van der Waals surface area (Å²) in [6.07, 6.45) is 4.37. The van der Waals surface area contributed by atoms with Crippen molar-refractivity contribution in [2.45, 2.75) is 25.9 Å². The molecule has 1 aliphatic heterocycles. The van der Waals surface area contributed by atoms with Gasteiger partial charge in [-0.15, -0.1) is 11.3 Å². The Balaban J connectivity index is 1.58. The average Bonchev–Trinajstić information content (AvgIpc) is 3.09. The maximum atomic E-state index is 5.89. The van der Waals surface area contributed by atoms with Crippen LogP contribution in [0.25, 0.3) is 0 Å². The number of aromatic nitrogens is 1. The molecule has 3 nitrogen and oxygen atoms in total. The van der Waals surface area contributed by atoms with Crippen LogP contribution in [0.15, 0.2) is 30.5 Å². The molecule has 0 saturated carbocycles. The van der Waals surface area contributed by atoms with E-state index in [1.54, 1.807) is 6.20 Å². The topological polar surface area (TPSA) is 28.2 Å². The van der Waals surface area contributed by atoms with Crippen LogP contribution in [0, 0.1) is 0 Å². The predicted molar refractivity (Wildman–Crippen MR) is 85.4 cm³/mol. The minimum Gasteiger partial charge on any atom is -0.379 e. The van der Waals surface area contributed by atoms with Crippen LogP contribution in [0.4, 0.5) is 5.69 Å². The standard InChI is InChI=1S/C15H18ClN3S/c16-14-9-18-15(20-14)10-17-13-5-3-4-12(8-13)11-19-6-1-2-7-19/h3-5,8-9,17H,1-2,6-7,10-11H2. The van der Waals surface area contributed by atoms with E-state index in [1.165, 1.54) is 42.8 Å². The molecule has 0 unspecified atom stereocenters. The molecule has 1 aromatic carbocycles. The molecule has 106 valence electrons. The zero-order chi connectivity index (χ0) is 13.8. The van der Waals surface area contributed by atoms with Crippen molar-refractivity contribution in [1.29, 1.82) is 0 Å². The van der Waals surface area contributed by atoms with Crippen molar-refractivity contribution in [3.63, 3.8) is 0 Å². The Hall–Kier alpha value is -1.10. The van der Waals surface area contributed by atoms with Gasteiger partial charge in [0.1, 0.15) is 9.34 Å². The minimum absolute atomic E-state index is 0.727. The van der Waals surface area contributed by atoms with Crippen molar-refractivity contribution >= 4 is 28.6 Å². The quantitative estimate of drug-likeness (QED) is 0.905. The van der Waals surface area contributed by atoms with Gasteiger partial charge in [-0.05, 0) is 43.6 Å². The zero-order valence-corrected chi connectivity index (χ0v) is 12.9. The first-order valence-electron chi connectivity index (χ1n) is 6.95. The molecular formula is C15H18ClN3S. The summed E-state index contributed by atoms with van der Waals surface area (Å²) >= 11 is 7.41. The molecule has 20 heavy (non-hydrogen) atoms. The van der Waals surface area contributed by atoms with Crippen molar-refractivity contribution in [1.82, 2.24) is 9.88 Å². The van der Waals surface area contributed by atoms with Gasteiger partial charge in [-0.2, -0.15) is 0 Å². The highest BCUT2D eigenvalue weighted by Gasteiger charge is 2.11. The number of hydrogen-bond acceptors (Lipinski definition) is 4. The molecule has 1 aromatic heterocycles. The highest BCUT2D eigenvalue weighted by Crippen LogP contribution is 2.20. The number of nitrogens with zero attached hydrogens (tertiary/aromatic N) is 2. The molecule has 5 heteroatoms. The summed E-state index contributed by atoms with van der Waals surface area (Å²) in [7, 11) is 0. The van der Waals surface area contributed by atoms with Gasteiger partial charge in [-0.1, -0.05) is 23.7 Å². The second-order valence-corrected chi connectivity index (χ2v) is 6.84.